The van der Waals surface area contributed by atoms with E-state index in [9.17, 15) is 20.5 Å². The molecule has 5 heteroatoms. The Morgan fingerprint density at radius 3 is 2.67 bits per heavy atom. The fourth-order valence-corrected chi connectivity index (χ4v) is 10.3. The van der Waals surface area contributed by atoms with E-state index in [0.717, 1.165) is 31.3 Å². The number of aliphatic hydroxyl groups is 3. The van der Waals surface area contributed by atoms with Crippen LogP contribution in [-0.4, -0.2) is 57.4 Å². The van der Waals surface area contributed by atoms with Gasteiger partial charge in [-0.25, -0.2) is 0 Å². The van der Waals surface area contributed by atoms with E-state index >= 15 is 0 Å². The van der Waals surface area contributed by atoms with Crippen LogP contribution in [0, 0.1) is 45.1 Å². The number of aliphatic hydroxyl groups excluding tert-OH is 3. The molecule has 0 aromatic rings. The summed E-state index contributed by atoms with van der Waals surface area (Å²) >= 11 is 0. The van der Waals surface area contributed by atoms with Gasteiger partial charge >= 0.3 is 0 Å². The minimum absolute atomic E-state index is 0.0344. The van der Waals surface area contributed by atoms with Gasteiger partial charge in [-0.2, -0.15) is 0 Å². The average Bonchev–Trinajstić information content (AvgIpc) is 3.17. The third kappa shape index (κ3) is 1.49. The Labute approximate surface area is 161 Å². The molecule has 12 atom stereocenters. The number of nitrogens with zero attached hydrogens (tertiary/aromatic N) is 1. The Hall–Kier alpha value is -0.460. The van der Waals surface area contributed by atoms with E-state index in [4.69, 9.17) is 0 Å². The van der Waals surface area contributed by atoms with Crippen LogP contribution in [0.1, 0.15) is 46.0 Å². The van der Waals surface area contributed by atoms with Crippen molar-refractivity contribution in [3.8, 4) is 0 Å². The summed E-state index contributed by atoms with van der Waals surface area (Å²) in [5.41, 5.74) is -0.0521. The topological polar surface area (TPSA) is 83.8 Å². The quantitative estimate of drug-likeness (QED) is 0.371. The number of hydroxylamine groups is 3. The maximum atomic E-state index is 14.2. The highest BCUT2D eigenvalue weighted by molar-refractivity contribution is 5.38. The lowest BCUT2D eigenvalue weighted by atomic mass is 9.43. The first-order valence-corrected chi connectivity index (χ1v) is 11.0. The van der Waals surface area contributed by atoms with Gasteiger partial charge in [0, 0.05) is 22.7 Å². The predicted molar refractivity (Wildman–Crippen MR) is 100 cm³/mol. The normalized spacial score (nSPS) is 68.3. The molecule has 1 heterocycles. The Morgan fingerprint density at radius 1 is 1.22 bits per heavy atom. The molecule has 1 aliphatic heterocycles. The minimum Gasteiger partial charge on any atom is -0.633 e. The number of rotatable bonds is 1. The molecule has 0 aromatic heterocycles. The fraction of sp³-hybridized carbons (Fsp3) is 0.909. The number of quaternary nitrogens is 1. The van der Waals surface area contributed by atoms with Crippen LogP contribution >= 0.6 is 0 Å². The lowest BCUT2D eigenvalue weighted by Gasteiger charge is -2.68. The molecular weight excluding hydrogens is 342 g/mol. The van der Waals surface area contributed by atoms with E-state index in [1.807, 2.05) is 6.92 Å². The van der Waals surface area contributed by atoms with Gasteiger partial charge in [0.1, 0.15) is 6.04 Å². The summed E-state index contributed by atoms with van der Waals surface area (Å²) in [6.07, 6.45) is 2.37. The van der Waals surface area contributed by atoms with Gasteiger partial charge in [-0.15, -0.1) is 0 Å². The standard InChI is InChI=1S/C22H33NO4/c1-4-23(27)10-20(3)6-5-17(25)22-15(20)7-13(18(22)23)21-9-12(11(2)19(21)26)14(24)8-16(21)22/h12-19,24-26H,2,4-10H2,1,3H3/t12-,13+,14+,15-,16-,17+,18-,19-,20-,21+,22+,23?/m1/s1. The molecule has 2 spiro atoms. The van der Waals surface area contributed by atoms with Gasteiger partial charge in [0.2, 0.25) is 0 Å². The molecule has 5 aliphatic carbocycles. The van der Waals surface area contributed by atoms with Crippen molar-refractivity contribution in [3.05, 3.63) is 17.4 Å². The molecule has 1 saturated heterocycles. The number of fused-ring (bicyclic) bond motifs is 1. The predicted octanol–water partition coefficient (Wildman–Crippen LogP) is 1.80. The molecule has 5 nitrogen and oxygen atoms in total. The van der Waals surface area contributed by atoms with Gasteiger partial charge in [-0.1, -0.05) is 13.5 Å². The summed E-state index contributed by atoms with van der Waals surface area (Å²) in [6, 6.07) is -0.132. The SMILES string of the molecule is C=C1[C@H]2C[C@@]3([C@@H]1O)[C@@H](C[C@@H]2O)[C@]12[C@@H]4C[C@H]3[C@H]1[N+]([O-])(CC)C[C@@]4(C)CC[C@@H]2O. The van der Waals surface area contributed by atoms with Crippen LogP contribution in [0.15, 0.2) is 12.2 Å². The largest absolute Gasteiger partial charge is 0.633 e. The summed E-state index contributed by atoms with van der Waals surface area (Å²) in [5, 5.41) is 48.0. The van der Waals surface area contributed by atoms with Crippen LogP contribution in [0.25, 0.3) is 0 Å². The zero-order valence-corrected chi connectivity index (χ0v) is 16.5. The number of hydrogen-bond donors (Lipinski definition) is 3. The van der Waals surface area contributed by atoms with Gasteiger partial charge in [-0.3, -0.25) is 0 Å². The van der Waals surface area contributed by atoms with Crippen LogP contribution in [0.2, 0.25) is 0 Å². The lowest BCUT2D eigenvalue weighted by Crippen LogP contribution is -2.73. The zero-order valence-electron chi connectivity index (χ0n) is 16.5. The smallest absolute Gasteiger partial charge is 0.101 e. The van der Waals surface area contributed by atoms with E-state index in [1.165, 1.54) is 0 Å². The molecule has 0 radical (unpaired) electrons. The summed E-state index contributed by atoms with van der Waals surface area (Å²) in [7, 11) is 0. The van der Waals surface area contributed by atoms with Crippen LogP contribution in [0.5, 0.6) is 0 Å². The average molecular weight is 376 g/mol. The van der Waals surface area contributed by atoms with Gasteiger partial charge in [0.15, 0.2) is 0 Å². The Kier molecular flexibility index (Phi) is 2.99. The van der Waals surface area contributed by atoms with Crippen molar-refractivity contribution in [3.63, 3.8) is 0 Å². The third-order valence-corrected chi connectivity index (χ3v) is 10.9. The highest BCUT2D eigenvalue weighted by Gasteiger charge is 2.88. The van der Waals surface area contributed by atoms with Crippen molar-refractivity contribution in [2.75, 3.05) is 13.1 Å². The lowest BCUT2D eigenvalue weighted by molar-refractivity contribution is -0.927. The van der Waals surface area contributed by atoms with Crippen LogP contribution < -0.4 is 0 Å². The molecule has 6 aliphatic rings. The molecule has 6 fully saturated rings. The third-order valence-electron chi connectivity index (χ3n) is 10.9. The maximum Gasteiger partial charge on any atom is 0.101 e. The molecule has 0 amide bonds. The van der Waals surface area contributed by atoms with Crippen molar-refractivity contribution in [2.24, 2.45) is 39.9 Å². The molecule has 150 valence electrons. The van der Waals surface area contributed by atoms with Crippen molar-refractivity contribution >= 4 is 0 Å². The summed E-state index contributed by atoms with van der Waals surface area (Å²) in [6.45, 7) is 9.62. The van der Waals surface area contributed by atoms with Crippen LogP contribution in [-0.2, 0) is 0 Å². The van der Waals surface area contributed by atoms with Crippen molar-refractivity contribution in [1.82, 2.24) is 0 Å². The van der Waals surface area contributed by atoms with Crippen molar-refractivity contribution in [2.45, 2.75) is 70.3 Å². The second-order valence-electron chi connectivity index (χ2n) is 11.2. The minimum atomic E-state index is -0.638. The summed E-state index contributed by atoms with van der Waals surface area (Å²) < 4.78 is -0.215. The monoisotopic (exact) mass is 375 g/mol. The first-order valence-electron chi connectivity index (χ1n) is 11.0. The number of piperidine rings is 1. The van der Waals surface area contributed by atoms with Gasteiger partial charge < -0.3 is 25.2 Å². The van der Waals surface area contributed by atoms with Gasteiger partial charge in [-0.05, 0) is 56.4 Å². The van der Waals surface area contributed by atoms with Crippen LogP contribution in [0.3, 0.4) is 0 Å². The Balaban J connectivity index is 1.63. The highest BCUT2D eigenvalue weighted by atomic mass is 16.5. The van der Waals surface area contributed by atoms with E-state index in [-0.39, 0.29) is 39.3 Å². The fourth-order valence-electron chi connectivity index (χ4n) is 10.3. The van der Waals surface area contributed by atoms with Gasteiger partial charge in [0.05, 0.1) is 36.8 Å². The first-order chi connectivity index (χ1) is 12.7. The molecule has 6 rings (SSSR count). The van der Waals surface area contributed by atoms with E-state index in [1.54, 1.807) is 0 Å². The van der Waals surface area contributed by atoms with Crippen molar-refractivity contribution in [1.29, 1.82) is 0 Å². The maximum absolute atomic E-state index is 14.2. The first kappa shape index (κ1) is 17.4. The molecule has 1 unspecified atom stereocenters. The second kappa shape index (κ2) is 4.65. The van der Waals surface area contributed by atoms with Gasteiger partial charge in [0.25, 0.3) is 0 Å². The zero-order chi connectivity index (χ0) is 19.1. The Morgan fingerprint density at radius 2 is 1.96 bits per heavy atom. The van der Waals surface area contributed by atoms with E-state index < -0.39 is 23.7 Å². The summed E-state index contributed by atoms with van der Waals surface area (Å²) in [4.78, 5) is 0. The molecular formula is C22H33NO4. The van der Waals surface area contributed by atoms with E-state index in [2.05, 4.69) is 13.5 Å². The molecule has 0 aromatic carbocycles. The van der Waals surface area contributed by atoms with Crippen molar-refractivity contribution < 1.29 is 20.0 Å². The molecule has 3 N–H and O–H groups in total. The Bertz CT molecular complexity index is 742. The van der Waals surface area contributed by atoms with E-state index in [0.29, 0.717) is 25.4 Å². The summed E-state index contributed by atoms with van der Waals surface area (Å²) in [5.74, 6) is 0.473. The molecule has 7 bridgehead atoms. The van der Waals surface area contributed by atoms with Crippen LogP contribution in [0.4, 0.5) is 0 Å². The molecule has 5 saturated carbocycles. The number of likely N-dealkylation sites (tertiary alicyclic amines) is 1. The number of hydrogen-bond acceptors (Lipinski definition) is 4. The highest BCUT2D eigenvalue weighted by Crippen LogP contribution is 2.84. The second-order valence-corrected chi connectivity index (χ2v) is 11.2. The molecule has 27 heavy (non-hydrogen) atoms.